The average Bonchev–Trinajstić information content (AvgIpc) is 2.63. The van der Waals surface area contributed by atoms with E-state index in [2.05, 4.69) is 84.9 Å². The number of halogens is 1. The van der Waals surface area contributed by atoms with Crippen LogP contribution in [0, 0.1) is 0 Å². The van der Waals surface area contributed by atoms with Gasteiger partial charge < -0.3 is 5.11 Å². The monoisotopic (exact) mass is 400 g/mol. The number of rotatable bonds is 6. The van der Waals surface area contributed by atoms with Gasteiger partial charge in [0.05, 0.1) is 0 Å². The second-order valence-electron chi connectivity index (χ2n) is 5.46. The Morgan fingerprint density at radius 1 is 0.667 bits per heavy atom. The minimum atomic E-state index is -0.565. The Morgan fingerprint density at radius 2 is 1.17 bits per heavy atom. The Labute approximate surface area is 155 Å². The molecule has 0 heterocycles. The van der Waals surface area contributed by atoms with Gasteiger partial charge in [0.15, 0.2) is 0 Å². The molecule has 0 fully saturated rings. The zero-order valence-corrected chi connectivity index (χ0v) is 16.1. The molecule has 3 heteroatoms. The highest BCUT2D eigenvalue weighted by Crippen LogP contribution is 2.34. The molecule has 3 aromatic rings. The normalized spacial score (nSPS) is 10.4. The lowest BCUT2D eigenvalue weighted by Crippen LogP contribution is -2.23. The van der Waals surface area contributed by atoms with Gasteiger partial charge >= 0.3 is 0 Å². The summed E-state index contributed by atoms with van der Waals surface area (Å²) >= 11 is 0. The first-order valence-electron chi connectivity index (χ1n) is 7.99. The van der Waals surface area contributed by atoms with Crippen molar-refractivity contribution >= 4 is 40.8 Å². The van der Waals surface area contributed by atoms with E-state index >= 15 is 0 Å². The number of benzene rings is 3. The van der Waals surface area contributed by atoms with Crippen molar-refractivity contribution in [2.45, 2.75) is 12.8 Å². The molecule has 0 amide bonds. The van der Waals surface area contributed by atoms with E-state index < -0.39 is 7.92 Å². The van der Waals surface area contributed by atoms with Crippen molar-refractivity contribution in [3.05, 3.63) is 90.5 Å². The van der Waals surface area contributed by atoms with Crippen LogP contribution < -0.4 is 15.9 Å². The fourth-order valence-electron chi connectivity index (χ4n) is 2.79. The fourth-order valence-corrected chi connectivity index (χ4v) is 5.29. The Morgan fingerprint density at radius 3 is 1.71 bits per heavy atom. The van der Waals surface area contributed by atoms with Gasteiger partial charge in [-0.1, -0.05) is 84.9 Å². The van der Waals surface area contributed by atoms with E-state index in [1.54, 1.807) is 0 Å². The molecular formula is C21H22BrOP. The molecule has 3 rings (SSSR count). The van der Waals surface area contributed by atoms with E-state index in [0.717, 1.165) is 12.8 Å². The highest BCUT2D eigenvalue weighted by molar-refractivity contribution is 8.93. The molecule has 1 N–H and O–H groups in total. The molecule has 0 unspecified atom stereocenters. The van der Waals surface area contributed by atoms with Crippen molar-refractivity contribution in [3.8, 4) is 0 Å². The van der Waals surface area contributed by atoms with E-state index in [4.69, 9.17) is 0 Å². The van der Waals surface area contributed by atoms with Gasteiger partial charge in [-0.2, -0.15) is 0 Å². The maximum atomic E-state index is 9.20. The van der Waals surface area contributed by atoms with Gasteiger partial charge in [0.2, 0.25) is 0 Å². The highest BCUT2D eigenvalue weighted by Gasteiger charge is 2.18. The molecule has 0 aliphatic rings. The van der Waals surface area contributed by atoms with Gasteiger partial charge in [-0.05, 0) is 42.2 Å². The zero-order valence-electron chi connectivity index (χ0n) is 13.5. The summed E-state index contributed by atoms with van der Waals surface area (Å²) in [5.74, 6) is 0. The summed E-state index contributed by atoms with van der Waals surface area (Å²) < 4.78 is 0. The maximum Gasteiger partial charge on any atom is 0.0434 e. The molecule has 0 aromatic heterocycles. The fraction of sp³-hybridized carbons (Fsp3) is 0.143. The van der Waals surface area contributed by atoms with Gasteiger partial charge in [0.1, 0.15) is 0 Å². The molecular weight excluding hydrogens is 379 g/mol. The Kier molecular flexibility index (Phi) is 7.65. The predicted molar refractivity (Wildman–Crippen MR) is 111 cm³/mol. The molecule has 0 bridgehead atoms. The van der Waals surface area contributed by atoms with E-state index in [-0.39, 0.29) is 23.6 Å². The largest absolute Gasteiger partial charge is 0.396 e. The van der Waals surface area contributed by atoms with Crippen LogP contribution in [0.1, 0.15) is 12.0 Å². The second-order valence-corrected chi connectivity index (χ2v) is 7.65. The van der Waals surface area contributed by atoms with Crippen molar-refractivity contribution in [2.24, 2.45) is 0 Å². The molecule has 1 nitrogen and oxygen atoms in total. The summed E-state index contributed by atoms with van der Waals surface area (Å²) in [6, 6.07) is 30.2. The SMILES string of the molecule is Br.OCCCc1ccccc1P(c1ccccc1)c1ccccc1. The summed E-state index contributed by atoms with van der Waals surface area (Å²) in [5, 5.41) is 13.3. The van der Waals surface area contributed by atoms with Crippen molar-refractivity contribution in [1.29, 1.82) is 0 Å². The van der Waals surface area contributed by atoms with Gasteiger partial charge in [-0.3, -0.25) is 0 Å². The Balaban J connectivity index is 0.00000208. The number of aryl methyl sites for hydroxylation is 1. The third kappa shape index (κ3) is 4.54. The first-order valence-corrected chi connectivity index (χ1v) is 9.33. The zero-order chi connectivity index (χ0) is 15.9. The predicted octanol–water partition coefficient (Wildman–Crippen LogP) is 3.95. The molecule has 0 spiro atoms. The first kappa shape index (κ1) is 18.9. The first-order chi connectivity index (χ1) is 11.4. The number of aliphatic hydroxyl groups excluding tert-OH is 1. The number of aliphatic hydroxyl groups is 1. The highest BCUT2D eigenvalue weighted by atomic mass is 79.9. The minimum Gasteiger partial charge on any atom is -0.396 e. The minimum absolute atomic E-state index is 0. The van der Waals surface area contributed by atoms with Crippen LogP contribution in [-0.4, -0.2) is 11.7 Å². The quantitative estimate of drug-likeness (QED) is 0.621. The van der Waals surface area contributed by atoms with Crippen molar-refractivity contribution < 1.29 is 5.11 Å². The average molecular weight is 401 g/mol. The van der Waals surface area contributed by atoms with Gasteiger partial charge in [0, 0.05) is 6.61 Å². The third-order valence-corrected chi connectivity index (χ3v) is 6.41. The van der Waals surface area contributed by atoms with Gasteiger partial charge in [-0.25, -0.2) is 0 Å². The number of hydrogen-bond acceptors (Lipinski definition) is 1. The summed E-state index contributed by atoms with van der Waals surface area (Å²) in [6.07, 6.45) is 1.73. The molecule has 0 radical (unpaired) electrons. The molecule has 0 saturated heterocycles. The topological polar surface area (TPSA) is 20.2 Å². The lowest BCUT2D eigenvalue weighted by Gasteiger charge is -2.22. The Bertz CT molecular complexity index is 692. The van der Waals surface area contributed by atoms with E-state index in [9.17, 15) is 5.11 Å². The van der Waals surface area contributed by atoms with Crippen LogP contribution in [0.3, 0.4) is 0 Å². The van der Waals surface area contributed by atoms with Crippen LogP contribution in [-0.2, 0) is 6.42 Å². The lowest BCUT2D eigenvalue weighted by molar-refractivity contribution is 0.288. The lowest BCUT2D eigenvalue weighted by atomic mass is 10.1. The van der Waals surface area contributed by atoms with Crippen molar-refractivity contribution in [2.75, 3.05) is 6.61 Å². The van der Waals surface area contributed by atoms with E-state index in [0.29, 0.717) is 0 Å². The standard InChI is InChI=1S/C21H21OP.BrH/c22-17-9-11-18-10-7-8-16-21(18)23(19-12-3-1-4-13-19)20-14-5-2-6-15-20;/h1-8,10,12-16,22H,9,11,17H2;1H. The number of hydrogen-bond donors (Lipinski definition) is 1. The van der Waals surface area contributed by atoms with Crippen LogP contribution >= 0.6 is 24.9 Å². The summed E-state index contributed by atoms with van der Waals surface area (Å²) in [4.78, 5) is 0. The summed E-state index contributed by atoms with van der Waals surface area (Å²) in [6.45, 7) is 0.239. The van der Waals surface area contributed by atoms with Gasteiger partial charge in [0.25, 0.3) is 0 Å². The molecule has 124 valence electrons. The molecule has 24 heavy (non-hydrogen) atoms. The van der Waals surface area contributed by atoms with Crippen LogP contribution in [0.4, 0.5) is 0 Å². The molecule has 0 aliphatic heterocycles. The molecule has 0 atom stereocenters. The van der Waals surface area contributed by atoms with E-state index in [1.165, 1.54) is 21.5 Å². The van der Waals surface area contributed by atoms with Crippen LogP contribution in [0.2, 0.25) is 0 Å². The molecule has 0 saturated carbocycles. The Hall–Kier alpha value is -1.47. The van der Waals surface area contributed by atoms with Gasteiger partial charge in [-0.15, -0.1) is 17.0 Å². The third-order valence-electron chi connectivity index (χ3n) is 3.87. The van der Waals surface area contributed by atoms with Crippen molar-refractivity contribution in [3.63, 3.8) is 0 Å². The summed E-state index contributed by atoms with van der Waals surface area (Å²) in [7, 11) is -0.565. The smallest absolute Gasteiger partial charge is 0.0434 e. The van der Waals surface area contributed by atoms with Crippen LogP contribution in [0.25, 0.3) is 0 Å². The van der Waals surface area contributed by atoms with Crippen LogP contribution in [0.5, 0.6) is 0 Å². The molecule has 3 aromatic carbocycles. The summed E-state index contributed by atoms with van der Waals surface area (Å²) in [5.41, 5.74) is 1.35. The second kappa shape index (κ2) is 9.74. The van der Waals surface area contributed by atoms with Crippen molar-refractivity contribution in [1.82, 2.24) is 0 Å². The molecule has 0 aliphatic carbocycles. The van der Waals surface area contributed by atoms with E-state index in [1.807, 2.05) is 0 Å². The van der Waals surface area contributed by atoms with Crippen LogP contribution in [0.15, 0.2) is 84.9 Å². The maximum absolute atomic E-state index is 9.20.